The average Bonchev–Trinajstić information content (AvgIpc) is 2.59. The van der Waals surface area contributed by atoms with Gasteiger partial charge in [-0.2, -0.15) is 30.6 Å². The fraction of sp³-hybridized carbons (Fsp3) is 1.00. The molecule has 0 aromatic carbocycles. The summed E-state index contributed by atoms with van der Waals surface area (Å²) in [6.07, 6.45) is 3.18. The van der Waals surface area contributed by atoms with Gasteiger partial charge in [0, 0.05) is 13.1 Å². The number of alkyl halides is 6. The van der Waals surface area contributed by atoms with Crippen LogP contribution in [0.2, 0.25) is 0 Å². The number of hydrogen-bond donors (Lipinski definition) is 1. The first-order valence-corrected chi connectivity index (χ1v) is 11.0. The maximum atomic E-state index is 14.3. The first-order chi connectivity index (χ1) is 12.2. The first kappa shape index (κ1) is 22.9. The molecule has 1 heterocycles. The highest BCUT2D eigenvalue weighted by Crippen LogP contribution is 2.52. The number of piperidine rings is 1. The number of rotatable bonds is 6. The molecule has 1 saturated carbocycles. The minimum Gasteiger partial charge on any atom is -0.306 e. The van der Waals surface area contributed by atoms with Gasteiger partial charge in [-0.1, -0.05) is 19.3 Å². The van der Waals surface area contributed by atoms with Crippen molar-refractivity contribution in [3.05, 3.63) is 0 Å². The van der Waals surface area contributed by atoms with Crippen molar-refractivity contribution in [2.45, 2.75) is 61.4 Å². The number of hydrogen-bond acceptors (Lipinski definition) is 3. The van der Waals surface area contributed by atoms with Crippen LogP contribution in [0.5, 0.6) is 0 Å². The van der Waals surface area contributed by atoms with Crippen LogP contribution in [0.25, 0.3) is 0 Å². The SMILES string of the molecule is C[C@@H](S(=O)O)C(F)(F)C(F)(F)C(F)(F)S(=O)(=O)N1CCC2CCCCC2C1. The van der Waals surface area contributed by atoms with Crippen molar-refractivity contribution in [1.29, 1.82) is 0 Å². The highest BCUT2D eigenvalue weighted by molar-refractivity contribution is 7.90. The van der Waals surface area contributed by atoms with Crippen LogP contribution in [0.1, 0.15) is 39.0 Å². The summed E-state index contributed by atoms with van der Waals surface area (Å²) in [5.74, 6) is -12.3. The van der Waals surface area contributed by atoms with E-state index in [9.17, 15) is 39.0 Å². The third-order valence-corrected chi connectivity index (χ3v) is 8.33. The lowest BCUT2D eigenvalue weighted by molar-refractivity contribution is -0.279. The van der Waals surface area contributed by atoms with Crippen LogP contribution < -0.4 is 0 Å². The van der Waals surface area contributed by atoms with Crippen molar-refractivity contribution in [1.82, 2.24) is 4.31 Å². The molecule has 2 aliphatic rings. The Morgan fingerprint density at radius 2 is 1.56 bits per heavy atom. The van der Waals surface area contributed by atoms with E-state index in [4.69, 9.17) is 4.55 Å². The summed E-state index contributed by atoms with van der Waals surface area (Å²) >= 11 is -3.57. The fourth-order valence-electron chi connectivity index (χ4n) is 3.69. The summed E-state index contributed by atoms with van der Waals surface area (Å²) in [5, 5.41) is -9.24. The molecule has 2 rings (SSSR count). The van der Waals surface area contributed by atoms with Gasteiger partial charge in [-0.3, -0.25) is 0 Å². The Morgan fingerprint density at radius 1 is 1.04 bits per heavy atom. The van der Waals surface area contributed by atoms with E-state index in [-0.39, 0.29) is 29.5 Å². The summed E-state index contributed by atoms with van der Waals surface area (Å²) < 4.78 is 128. The van der Waals surface area contributed by atoms with Gasteiger partial charge in [0.25, 0.3) is 10.0 Å². The molecular formula is C14H21F6NO4S2. The third kappa shape index (κ3) is 3.64. The van der Waals surface area contributed by atoms with Crippen LogP contribution in [-0.4, -0.2) is 56.9 Å². The second kappa shape index (κ2) is 7.45. The Kier molecular flexibility index (Phi) is 6.31. The Labute approximate surface area is 155 Å². The standard InChI is InChI=1S/C14H21F6NO4S2/c1-9(26(22)23)12(15,16)13(17,18)14(19,20)27(24,25)21-7-6-10-4-2-3-5-11(10)8-21/h9-11H,2-8H2,1H3,(H,22,23)/t9-,10?,11?/m1/s1. The number of sulfonamides is 1. The average molecular weight is 445 g/mol. The molecule has 0 amide bonds. The molecule has 2 fully saturated rings. The van der Waals surface area contributed by atoms with E-state index in [1.165, 1.54) is 0 Å². The van der Waals surface area contributed by atoms with Gasteiger partial charge >= 0.3 is 17.1 Å². The molecule has 5 nitrogen and oxygen atoms in total. The van der Waals surface area contributed by atoms with Crippen molar-refractivity contribution >= 4 is 21.1 Å². The Balaban J connectivity index is 2.33. The minimum absolute atomic E-state index is 0.0950. The van der Waals surface area contributed by atoms with Gasteiger partial charge in [0.15, 0.2) is 11.1 Å². The van der Waals surface area contributed by atoms with Crippen LogP contribution in [0.15, 0.2) is 0 Å². The summed E-state index contributed by atoms with van der Waals surface area (Å²) in [5.41, 5.74) is 0. The minimum atomic E-state index is -6.37. The Hall–Kier alpha value is -0.400. The van der Waals surface area contributed by atoms with Gasteiger partial charge in [-0.05, 0) is 31.6 Å². The maximum Gasteiger partial charge on any atom is 0.427 e. The molecule has 13 heteroatoms. The van der Waals surface area contributed by atoms with Crippen molar-refractivity contribution < 1.29 is 43.5 Å². The van der Waals surface area contributed by atoms with E-state index in [0.29, 0.717) is 6.42 Å². The van der Waals surface area contributed by atoms with Gasteiger partial charge < -0.3 is 4.55 Å². The monoisotopic (exact) mass is 445 g/mol. The molecule has 0 radical (unpaired) electrons. The molecule has 3 unspecified atom stereocenters. The van der Waals surface area contributed by atoms with Crippen LogP contribution >= 0.6 is 0 Å². The summed E-state index contributed by atoms with van der Waals surface area (Å²) in [6, 6.07) is 0. The smallest absolute Gasteiger partial charge is 0.306 e. The highest BCUT2D eigenvalue weighted by Gasteiger charge is 2.80. The normalized spacial score (nSPS) is 28.4. The zero-order valence-corrected chi connectivity index (χ0v) is 16.0. The maximum absolute atomic E-state index is 14.3. The van der Waals surface area contributed by atoms with E-state index in [2.05, 4.69) is 0 Å². The fourth-order valence-corrected chi connectivity index (χ4v) is 5.60. The van der Waals surface area contributed by atoms with Gasteiger partial charge in [0.2, 0.25) is 0 Å². The molecule has 4 atom stereocenters. The quantitative estimate of drug-likeness (QED) is 0.503. The lowest BCUT2D eigenvalue weighted by Gasteiger charge is -2.43. The van der Waals surface area contributed by atoms with Gasteiger partial charge in [-0.25, -0.2) is 12.6 Å². The lowest BCUT2D eigenvalue weighted by atomic mass is 9.76. The predicted octanol–water partition coefficient (Wildman–Crippen LogP) is 3.30. The zero-order valence-electron chi connectivity index (χ0n) is 14.4. The summed E-state index contributed by atoms with van der Waals surface area (Å²) in [4.78, 5) is 0. The van der Waals surface area contributed by atoms with E-state index >= 15 is 0 Å². The van der Waals surface area contributed by atoms with Gasteiger partial charge in [0.1, 0.15) is 5.25 Å². The molecule has 0 aromatic heterocycles. The molecule has 1 aliphatic heterocycles. The van der Waals surface area contributed by atoms with E-state index in [1.54, 1.807) is 0 Å². The molecule has 0 aromatic rings. The van der Waals surface area contributed by atoms with Crippen LogP contribution in [-0.2, 0) is 21.1 Å². The number of nitrogens with zero attached hydrogens (tertiary/aromatic N) is 1. The van der Waals surface area contributed by atoms with E-state index in [1.807, 2.05) is 0 Å². The second-order valence-corrected chi connectivity index (χ2v) is 10.3. The number of fused-ring (bicyclic) bond motifs is 1. The van der Waals surface area contributed by atoms with E-state index in [0.717, 1.165) is 19.3 Å². The lowest BCUT2D eigenvalue weighted by Crippen LogP contribution is -2.65. The first-order valence-electron chi connectivity index (χ1n) is 8.40. The largest absolute Gasteiger partial charge is 0.427 e. The molecule has 1 N–H and O–H groups in total. The van der Waals surface area contributed by atoms with Crippen molar-refractivity contribution in [3.63, 3.8) is 0 Å². The van der Waals surface area contributed by atoms with Crippen molar-refractivity contribution in [3.8, 4) is 0 Å². The number of halogens is 6. The molecule has 0 spiro atoms. The summed E-state index contributed by atoms with van der Waals surface area (Å²) in [6.45, 7) is -0.714. The van der Waals surface area contributed by atoms with Crippen molar-refractivity contribution in [2.24, 2.45) is 11.8 Å². The highest BCUT2D eigenvalue weighted by atomic mass is 32.2. The Bertz CT molecular complexity index is 687. The van der Waals surface area contributed by atoms with Crippen LogP contribution in [0.3, 0.4) is 0 Å². The molecular weight excluding hydrogens is 424 g/mol. The Morgan fingerprint density at radius 3 is 2.07 bits per heavy atom. The molecule has 1 saturated heterocycles. The molecule has 1 aliphatic carbocycles. The third-order valence-electron chi connectivity index (χ3n) is 5.51. The molecule has 160 valence electrons. The molecule has 0 bridgehead atoms. The van der Waals surface area contributed by atoms with Gasteiger partial charge in [0.05, 0.1) is 0 Å². The second-order valence-electron chi connectivity index (χ2n) is 7.09. The van der Waals surface area contributed by atoms with E-state index < -0.39 is 56.5 Å². The van der Waals surface area contributed by atoms with Crippen molar-refractivity contribution in [2.75, 3.05) is 13.1 Å². The van der Waals surface area contributed by atoms with Gasteiger partial charge in [-0.15, -0.1) is 0 Å². The predicted molar refractivity (Wildman–Crippen MR) is 85.6 cm³/mol. The summed E-state index contributed by atoms with van der Waals surface area (Å²) in [7, 11) is -6.12. The topological polar surface area (TPSA) is 74.7 Å². The molecule has 27 heavy (non-hydrogen) atoms. The van der Waals surface area contributed by atoms with Crippen LogP contribution in [0.4, 0.5) is 26.3 Å². The zero-order chi connectivity index (χ0) is 20.8. The van der Waals surface area contributed by atoms with Crippen LogP contribution in [0, 0.1) is 11.8 Å².